The quantitative estimate of drug-likeness (QED) is 0.557. The van der Waals surface area contributed by atoms with Crippen molar-refractivity contribution < 1.29 is 9.53 Å². The molecular weight excluding hydrogens is 220 g/mol. The van der Waals surface area contributed by atoms with E-state index in [1.165, 1.54) is 6.92 Å². The second kappa shape index (κ2) is 4.85. The molecule has 0 fully saturated rings. The first-order valence-electron chi connectivity index (χ1n) is 4.07. The van der Waals surface area contributed by atoms with Crippen molar-refractivity contribution in [2.24, 2.45) is 11.3 Å². The van der Waals surface area contributed by atoms with Gasteiger partial charge in [-0.1, -0.05) is 36.7 Å². The molecule has 0 aliphatic rings. The maximum Gasteiger partial charge on any atom is 0.302 e. The van der Waals surface area contributed by atoms with Crippen molar-refractivity contribution in [2.45, 2.75) is 27.7 Å². The number of carbonyl (C=O) groups excluding carboxylic acids is 1. The molecule has 0 aliphatic carbocycles. The van der Waals surface area contributed by atoms with Gasteiger partial charge in [0.05, 0.1) is 6.61 Å². The Morgan fingerprint density at radius 1 is 1.50 bits per heavy atom. The lowest BCUT2D eigenvalue weighted by Crippen LogP contribution is -2.27. The van der Waals surface area contributed by atoms with Crippen LogP contribution in [0.3, 0.4) is 0 Å². The molecule has 0 saturated carbocycles. The van der Waals surface area contributed by atoms with Crippen molar-refractivity contribution in [3.63, 3.8) is 0 Å². The summed E-state index contributed by atoms with van der Waals surface area (Å²) in [6, 6.07) is 0. The number of esters is 1. The van der Waals surface area contributed by atoms with Gasteiger partial charge in [0.1, 0.15) is 0 Å². The highest BCUT2D eigenvalue weighted by Gasteiger charge is 2.24. The van der Waals surface area contributed by atoms with E-state index in [0.29, 0.717) is 12.5 Å². The van der Waals surface area contributed by atoms with Gasteiger partial charge in [0.25, 0.3) is 0 Å². The van der Waals surface area contributed by atoms with E-state index in [4.69, 9.17) is 4.74 Å². The molecule has 0 bridgehead atoms. The van der Waals surface area contributed by atoms with Gasteiger partial charge in [-0.25, -0.2) is 0 Å². The zero-order chi connectivity index (χ0) is 9.78. The van der Waals surface area contributed by atoms with Crippen LogP contribution < -0.4 is 0 Å². The number of hydrogen-bond acceptors (Lipinski definition) is 2. The maximum absolute atomic E-state index is 10.6. The minimum absolute atomic E-state index is 0.180. The monoisotopic (exact) mass is 236 g/mol. The summed E-state index contributed by atoms with van der Waals surface area (Å²) in [7, 11) is 0. The van der Waals surface area contributed by atoms with E-state index in [0.717, 1.165) is 5.33 Å². The molecule has 3 heteroatoms. The van der Waals surface area contributed by atoms with Crippen molar-refractivity contribution in [3.05, 3.63) is 0 Å². The molecule has 12 heavy (non-hydrogen) atoms. The molecule has 0 amide bonds. The molecule has 1 unspecified atom stereocenters. The van der Waals surface area contributed by atoms with Crippen molar-refractivity contribution in [1.82, 2.24) is 0 Å². The van der Waals surface area contributed by atoms with Crippen molar-refractivity contribution in [3.8, 4) is 0 Å². The van der Waals surface area contributed by atoms with Gasteiger partial charge in [-0.2, -0.15) is 0 Å². The van der Waals surface area contributed by atoms with E-state index in [2.05, 4.69) is 36.7 Å². The third-order valence-electron chi connectivity index (χ3n) is 1.90. The van der Waals surface area contributed by atoms with E-state index in [-0.39, 0.29) is 11.4 Å². The summed E-state index contributed by atoms with van der Waals surface area (Å²) in [6.07, 6.45) is 0. The average molecular weight is 237 g/mol. The molecule has 1 atom stereocenters. The van der Waals surface area contributed by atoms with Crippen molar-refractivity contribution in [2.75, 3.05) is 11.9 Å². The first-order chi connectivity index (χ1) is 5.38. The molecule has 0 heterocycles. The summed E-state index contributed by atoms with van der Waals surface area (Å²) in [6.45, 7) is 8.37. The predicted octanol–water partition coefficient (Wildman–Crippen LogP) is 2.61. The van der Waals surface area contributed by atoms with E-state index in [1.807, 2.05) is 0 Å². The molecule has 2 nitrogen and oxygen atoms in total. The minimum Gasteiger partial charge on any atom is -0.466 e. The lowest BCUT2D eigenvalue weighted by molar-refractivity contribution is -0.143. The van der Waals surface area contributed by atoms with Crippen LogP contribution in [0.5, 0.6) is 0 Å². The zero-order valence-corrected chi connectivity index (χ0v) is 9.77. The highest BCUT2D eigenvalue weighted by atomic mass is 79.9. The Morgan fingerprint density at radius 3 is 2.25 bits per heavy atom. The van der Waals surface area contributed by atoms with Gasteiger partial charge >= 0.3 is 5.97 Å². The van der Waals surface area contributed by atoms with E-state index in [1.54, 1.807) is 0 Å². The smallest absolute Gasteiger partial charge is 0.302 e. The van der Waals surface area contributed by atoms with Gasteiger partial charge in [0, 0.05) is 18.2 Å². The van der Waals surface area contributed by atoms with Crippen molar-refractivity contribution >= 4 is 21.9 Å². The average Bonchev–Trinajstić information content (AvgIpc) is 1.85. The standard InChI is InChI=1S/C9H17BrO2/c1-7(11)12-6-8(5-10)9(2,3)4/h8H,5-6H2,1-4H3. The third-order valence-corrected chi connectivity index (χ3v) is 2.68. The number of alkyl halides is 1. The fraction of sp³-hybridized carbons (Fsp3) is 0.889. The molecule has 72 valence electrons. The number of rotatable bonds is 3. The normalized spacial score (nSPS) is 14.1. The van der Waals surface area contributed by atoms with Crippen LogP contribution in [0.4, 0.5) is 0 Å². The predicted molar refractivity (Wildman–Crippen MR) is 53.4 cm³/mol. The summed E-state index contributed by atoms with van der Waals surface area (Å²) in [4.78, 5) is 10.6. The van der Waals surface area contributed by atoms with E-state index >= 15 is 0 Å². The first kappa shape index (κ1) is 11.9. The number of ether oxygens (including phenoxy) is 1. The van der Waals surface area contributed by atoms with Gasteiger partial charge in [-0.15, -0.1) is 0 Å². The molecule has 0 aromatic rings. The molecule has 0 aliphatic heterocycles. The molecule has 0 N–H and O–H groups in total. The van der Waals surface area contributed by atoms with Crippen LogP contribution in [-0.4, -0.2) is 17.9 Å². The van der Waals surface area contributed by atoms with Gasteiger partial charge in [0.2, 0.25) is 0 Å². The Kier molecular flexibility index (Phi) is 4.83. The van der Waals surface area contributed by atoms with Crippen LogP contribution in [0, 0.1) is 11.3 Å². The molecule has 0 saturated heterocycles. The van der Waals surface area contributed by atoms with E-state index in [9.17, 15) is 4.79 Å². The van der Waals surface area contributed by atoms with Crippen LogP contribution >= 0.6 is 15.9 Å². The minimum atomic E-state index is -0.204. The topological polar surface area (TPSA) is 26.3 Å². The molecule has 0 aromatic carbocycles. The molecule has 0 spiro atoms. The van der Waals surface area contributed by atoms with Gasteiger partial charge in [-0.3, -0.25) is 4.79 Å². The molecule has 0 radical (unpaired) electrons. The number of carbonyl (C=O) groups is 1. The first-order valence-corrected chi connectivity index (χ1v) is 5.19. The largest absolute Gasteiger partial charge is 0.466 e. The Morgan fingerprint density at radius 2 is 2.00 bits per heavy atom. The second-order valence-electron chi connectivity index (χ2n) is 4.02. The molecule has 0 aromatic heterocycles. The van der Waals surface area contributed by atoms with Crippen LogP contribution in [0.15, 0.2) is 0 Å². The summed E-state index contributed by atoms with van der Waals surface area (Å²) in [5.41, 5.74) is 0.180. The van der Waals surface area contributed by atoms with Gasteiger partial charge in [0.15, 0.2) is 0 Å². The van der Waals surface area contributed by atoms with Crippen LogP contribution in [0.25, 0.3) is 0 Å². The number of halogens is 1. The summed E-state index contributed by atoms with van der Waals surface area (Å²) in [5.74, 6) is 0.173. The molecule has 0 rings (SSSR count). The van der Waals surface area contributed by atoms with Crippen LogP contribution in [0.2, 0.25) is 0 Å². The zero-order valence-electron chi connectivity index (χ0n) is 8.19. The fourth-order valence-corrected chi connectivity index (χ4v) is 1.90. The highest BCUT2D eigenvalue weighted by molar-refractivity contribution is 9.09. The summed E-state index contributed by atoms with van der Waals surface area (Å²) in [5, 5.41) is 0.865. The molecular formula is C9H17BrO2. The van der Waals surface area contributed by atoms with Gasteiger partial charge < -0.3 is 4.74 Å². The Bertz CT molecular complexity index is 149. The Labute approximate surface area is 82.8 Å². The third kappa shape index (κ3) is 4.75. The lowest BCUT2D eigenvalue weighted by atomic mass is 9.83. The maximum atomic E-state index is 10.6. The SMILES string of the molecule is CC(=O)OCC(CBr)C(C)(C)C. The van der Waals surface area contributed by atoms with Gasteiger partial charge in [-0.05, 0) is 5.41 Å². The fourth-order valence-electron chi connectivity index (χ4n) is 0.744. The second-order valence-corrected chi connectivity index (χ2v) is 4.67. The van der Waals surface area contributed by atoms with E-state index < -0.39 is 0 Å². The van der Waals surface area contributed by atoms with Crippen molar-refractivity contribution in [1.29, 1.82) is 0 Å². The summed E-state index contributed by atoms with van der Waals surface area (Å²) >= 11 is 3.41. The lowest BCUT2D eigenvalue weighted by Gasteiger charge is -2.28. The Balaban J connectivity index is 3.92. The Hall–Kier alpha value is -0.0500. The number of hydrogen-bond donors (Lipinski definition) is 0. The summed E-state index contributed by atoms with van der Waals surface area (Å²) < 4.78 is 4.95. The van der Waals surface area contributed by atoms with Crippen LogP contribution in [0.1, 0.15) is 27.7 Å². The van der Waals surface area contributed by atoms with Crippen LogP contribution in [-0.2, 0) is 9.53 Å². The highest BCUT2D eigenvalue weighted by Crippen LogP contribution is 2.27.